The lowest BCUT2D eigenvalue weighted by Crippen LogP contribution is -2.23. The van der Waals surface area contributed by atoms with Gasteiger partial charge in [0.25, 0.3) is 5.56 Å². The minimum absolute atomic E-state index is 0.147. The van der Waals surface area contributed by atoms with E-state index in [0.29, 0.717) is 40.1 Å². The molecule has 7 heteroatoms. The molecule has 1 heterocycles. The maximum absolute atomic E-state index is 12.4. The van der Waals surface area contributed by atoms with Crippen LogP contribution in [0, 0.1) is 6.92 Å². The summed E-state index contributed by atoms with van der Waals surface area (Å²) in [6.07, 6.45) is 0. The van der Waals surface area contributed by atoms with Crippen LogP contribution in [0.3, 0.4) is 0 Å². The first-order valence-electron chi connectivity index (χ1n) is 8.36. The Morgan fingerprint density at radius 2 is 1.70 bits per heavy atom. The molecular weight excluding hydrogens is 348 g/mol. The molecule has 0 atom stereocenters. The highest BCUT2D eigenvalue weighted by Gasteiger charge is 2.13. The fourth-order valence-corrected chi connectivity index (χ4v) is 2.76. The minimum atomic E-state index is -0.559. The fraction of sp³-hybridized carbons (Fsp3) is 0.200. The third-order valence-electron chi connectivity index (χ3n) is 4.15. The van der Waals surface area contributed by atoms with Gasteiger partial charge in [-0.15, -0.1) is 0 Å². The first-order valence-corrected chi connectivity index (χ1v) is 8.36. The van der Waals surface area contributed by atoms with Gasteiger partial charge in [-0.2, -0.15) is 0 Å². The third kappa shape index (κ3) is 3.57. The summed E-state index contributed by atoms with van der Waals surface area (Å²) < 4.78 is 11.6. The quantitative estimate of drug-likeness (QED) is 0.521. The van der Waals surface area contributed by atoms with Crippen molar-refractivity contribution in [1.82, 2.24) is 9.55 Å². The molecule has 2 aromatic carbocycles. The van der Waals surface area contributed by atoms with Gasteiger partial charge in [-0.05, 0) is 56.3 Å². The van der Waals surface area contributed by atoms with Gasteiger partial charge < -0.3 is 14.0 Å². The number of rotatable bonds is 4. The Labute approximate surface area is 155 Å². The van der Waals surface area contributed by atoms with Crippen molar-refractivity contribution in [2.75, 3.05) is 7.11 Å². The van der Waals surface area contributed by atoms with Gasteiger partial charge in [-0.1, -0.05) is 0 Å². The van der Waals surface area contributed by atoms with Gasteiger partial charge in [0.05, 0.1) is 29.3 Å². The SMILES string of the molecule is CCn1c(=O)c(C)nc2cc(C(=O)Oc3ccc(C(=O)OC)cc3)ccc21. The average molecular weight is 366 g/mol. The molecule has 0 aliphatic rings. The van der Waals surface area contributed by atoms with Crippen LogP contribution in [-0.2, 0) is 11.3 Å². The van der Waals surface area contributed by atoms with Gasteiger partial charge in [0.15, 0.2) is 0 Å². The molecule has 0 aliphatic carbocycles. The lowest BCUT2D eigenvalue weighted by molar-refractivity contribution is 0.0600. The molecule has 3 aromatic rings. The number of benzene rings is 2. The van der Waals surface area contributed by atoms with Gasteiger partial charge in [-0.3, -0.25) is 4.79 Å². The second-order valence-corrected chi connectivity index (χ2v) is 5.86. The molecule has 0 fully saturated rings. The van der Waals surface area contributed by atoms with E-state index in [0.717, 1.165) is 0 Å². The monoisotopic (exact) mass is 366 g/mol. The Kier molecular flexibility index (Phi) is 5.03. The molecule has 1 aromatic heterocycles. The second kappa shape index (κ2) is 7.41. The Bertz CT molecular complexity index is 1080. The van der Waals surface area contributed by atoms with Crippen LogP contribution in [-0.4, -0.2) is 28.6 Å². The van der Waals surface area contributed by atoms with Crippen molar-refractivity contribution in [1.29, 1.82) is 0 Å². The van der Waals surface area contributed by atoms with Crippen LogP contribution >= 0.6 is 0 Å². The van der Waals surface area contributed by atoms with E-state index in [9.17, 15) is 14.4 Å². The number of nitrogens with zero attached hydrogens (tertiary/aromatic N) is 2. The van der Waals surface area contributed by atoms with Crippen LogP contribution in [0.2, 0.25) is 0 Å². The summed E-state index contributed by atoms with van der Waals surface area (Å²) in [7, 11) is 1.30. The van der Waals surface area contributed by atoms with Crippen molar-refractivity contribution in [3.8, 4) is 5.75 Å². The Hall–Kier alpha value is -3.48. The van der Waals surface area contributed by atoms with E-state index in [4.69, 9.17) is 4.74 Å². The van der Waals surface area contributed by atoms with Gasteiger partial charge in [0.1, 0.15) is 11.4 Å². The normalized spacial score (nSPS) is 10.6. The zero-order valence-corrected chi connectivity index (χ0v) is 15.2. The maximum Gasteiger partial charge on any atom is 0.343 e. The number of aryl methyl sites for hydroxylation is 2. The third-order valence-corrected chi connectivity index (χ3v) is 4.15. The van der Waals surface area contributed by atoms with Crippen LogP contribution < -0.4 is 10.3 Å². The van der Waals surface area contributed by atoms with E-state index < -0.39 is 11.9 Å². The zero-order chi connectivity index (χ0) is 19.6. The Morgan fingerprint density at radius 3 is 2.33 bits per heavy atom. The van der Waals surface area contributed by atoms with E-state index in [1.807, 2.05) is 6.92 Å². The highest BCUT2D eigenvalue weighted by molar-refractivity contribution is 5.95. The Morgan fingerprint density at radius 1 is 1.04 bits per heavy atom. The number of esters is 2. The number of aromatic nitrogens is 2. The molecule has 0 bridgehead atoms. The van der Waals surface area contributed by atoms with Crippen molar-refractivity contribution in [3.63, 3.8) is 0 Å². The Balaban J connectivity index is 1.89. The molecule has 0 N–H and O–H groups in total. The molecule has 0 aliphatic heterocycles. The summed E-state index contributed by atoms with van der Waals surface area (Å²) in [5.41, 5.74) is 2.10. The number of carbonyl (C=O) groups excluding carboxylic acids is 2. The van der Waals surface area contributed by atoms with Crippen molar-refractivity contribution in [2.45, 2.75) is 20.4 Å². The molecule has 0 spiro atoms. The van der Waals surface area contributed by atoms with Crippen LogP contribution in [0.1, 0.15) is 33.3 Å². The lowest BCUT2D eigenvalue weighted by atomic mass is 10.2. The second-order valence-electron chi connectivity index (χ2n) is 5.86. The first kappa shape index (κ1) is 18.3. The van der Waals surface area contributed by atoms with Gasteiger partial charge in [0, 0.05) is 6.54 Å². The topological polar surface area (TPSA) is 87.5 Å². The molecule has 0 saturated heterocycles. The standard InChI is InChI=1S/C20H18N2O5/c1-4-22-17-10-7-14(11-16(17)21-12(2)18(22)23)20(25)27-15-8-5-13(6-9-15)19(24)26-3/h5-11H,4H2,1-3H3. The smallest absolute Gasteiger partial charge is 0.343 e. The molecule has 3 rings (SSSR count). The first-order chi connectivity index (χ1) is 12.9. The number of carbonyl (C=O) groups is 2. The van der Waals surface area contributed by atoms with Gasteiger partial charge in [0.2, 0.25) is 0 Å². The highest BCUT2D eigenvalue weighted by Crippen LogP contribution is 2.18. The van der Waals surface area contributed by atoms with Crippen LogP contribution in [0.5, 0.6) is 5.75 Å². The highest BCUT2D eigenvalue weighted by atomic mass is 16.5. The number of fused-ring (bicyclic) bond motifs is 1. The van der Waals surface area contributed by atoms with E-state index >= 15 is 0 Å². The molecular formula is C20H18N2O5. The number of hydrogen-bond acceptors (Lipinski definition) is 6. The van der Waals surface area contributed by atoms with Crippen LogP contribution in [0.15, 0.2) is 47.3 Å². The van der Waals surface area contributed by atoms with E-state index in [1.165, 1.54) is 31.4 Å². The van der Waals surface area contributed by atoms with Crippen molar-refractivity contribution < 1.29 is 19.1 Å². The van der Waals surface area contributed by atoms with Crippen LogP contribution in [0.4, 0.5) is 0 Å². The molecule has 0 unspecified atom stereocenters. The van der Waals surface area contributed by atoms with E-state index in [-0.39, 0.29) is 5.56 Å². The summed E-state index contributed by atoms with van der Waals surface area (Å²) in [5, 5.41) is 0. The predicted molar refractivity (Wildman–Crippen MR) is 99.2 cm³/mol. The number of ether oxygens (including phenoxy) is 2. The summed E-state index contributed by atoms with van der Waals surface area (Å²) in [4.78, 5) is 40.3. The van der Waals surface area contributed by atoms with Crippen LogP contribution in [0.25, 0.3) is 11.0 Å². The fourth-order valence-electron chi connectivity index (χ4n) is 2.76. The summed E-state index contributed by atoms with van der Waals surface area (Å²) in [6.45, 7) is 4.03. The zero-order valence-electron chi connectivity index (χ0n) is 15.2. The van der Waals surface area contributed by atoms with E-state index in [1.54, 1.807) is 29.7 Å². The summed E-state index contributed by atoms with van der Waals surface area (Å²) in [5.74, 6) is -0.724. The molecule has 27 heavy (non-hydrogen) atoms. The van der Waals surface area contributed by atoms with Gasteiger partial charge >= 0.3 is 11.9 Å². The van der Waals surface area contributed by atoms with Crippen molar-refractivity contribution in [3.05, 3.63) is 69.6 Å². The van der Waals surface area contributed by atoms with E-state index in [2.05, 4.69) is 9.72 Å². The molecule has 0 radical (unpaired) electrons. The summed E-state index contributed by atoms with van der Waals surface area (Å²) >= 11 is 0. The molecule has 138 valence electrons. The van der Waals surface area contributed by atoms with Crippen molar-refractivity contribution >= 4 is 23.0 Å². The summed E-state index contributed by atoms with van der Waals surface area (Å²) in [6, 6.07) is 10.9. The predicted octanol–water partition coefficient (Wildman–Crippen LogP) is 2.73. The largest absolute Gasteiger partial charge is 0.465 e. The molecule has 0 saturated carbocycles. The lowest BCUT2D eigenvalue weighted by Gasteiger charge is -2.10. The number of methoxy groups -OCH3 is 1. The van der Waals surface area contributed by atoms with Gasteiger partial charge in [-0.25, -0.2) is 14.6 Å². The minimum Gasteiger partial charge on any atom is -0.465 e. The molecule has 7 nitrogen and oxygen atoms in total. The number of hydrogen-bond donors (Lipinski definition) is 0. The average Bonchev–Trinajstić information content (AvgIpc) is 2.68. The maximum atomic E-state index is 12.4. The van der Waals surface area contributed by atoms with Crippen molar-refractivity contribution in [2.24, 2.45) is 0 Å². The molecule has 0 amide bonds.